The second kappa shape index (κ2) is 7.19. The lowest BCUT2D eigenvalue weighted by Gasteiger charge is -2.40. The number of morpholine rings is 1. The van der Waals surface area contributed by atoms with Crippen molar-refractivity contribution < 1.29 is 9.53 Å². The Morgan fingerprint density at radius 2 is 2.09 bits per heavy atom. The summed E-state index contributed by atoms with van der Waals surface area (Å²) in [6.07, 6.45) is 2.32. The zero-order valence-electron chi connectivity index (χ0n) is 14.0. The van der Waals surface area contributed by atoms with Gasteiger partial charge >= 0.3 is 0 Å². The minimum Gasteiger partial charge on any atom is -0.379 e. The van der Waals surface area contributed by atoms with Gasteiger partial charge in [0, 0.05) is 19.6 Å². The SMILES string of the molecule is CC[C@@H](NC(=O)C(C)(C)N1CCOCC1)c1ncnn1CC. The van der Waals surface area contributed by atoms with Gasteiger partial charge in [0.15, 0.2) is 0 Å². The molecule has 2 heterocycles. The van der Waals surface area contributed by atoms with E-state index in [1.165, 1.54) is 0 Å². The first-order chi connectivity index (χ1) is 10.5. The van der Waals surface area contributed by atoms with Crippen molar-refractivity contribution >= 4 is 5.91 Å². The molecule has 124 valence electrons. The Hall–Kier alpha value is -1.47. The fourth-order valence-corrected chi connectivity index (χ4v) is 2.74. The summed E-state index contributed by atoms with van der Waals surface area (Å²) in [6.45, 7) is 11.6. The van der Waals surface area contributed by atoms with Crippen molar-refractivity contribution in [3.8, 4) is 0 Å². The van der Waals surface area contributed by atoms with E-state index in [0.717, 1.165) is 31.9 Å². The van der Waals surface area contributed by atoms with Gasteiger partial charge in [-0.05, 0) is 27.2 Å². The van der Waals surface area contributed by atoms with Crippen LogP contribution in [0.15, 0.2) is 6.33 Å². The lowest BCUT2D eigenvalue weighted by Crippen LogP contribution is -2.58. The van der Waals surface area contributed by atoms with Crippen LogP contribution in [0.2, 0.25) is 0 Å². The van der Waals surface area contributed by atoms with E-state index in [1.54, 1.807) is 6.33 Å². The third-order valence-corrected chi connectivity index (χ3v) is 4.33. The highest BCUT2D eigenvalue weighted by Gasteiger charge is 2.36. The number of carbonyl (C=O) groups is 1. The average Bonchev–Trinajstić information content (AvgIpc) is 3.01. The molecular formula is C15H27N5O2. The van der Waals surface area contributed by atoms with Gasteiger partial charge in [-0.1, -0.05) is 6.92 Å². The molecule has 7 nitrogen and oxygen atoms in total. The van der Waals surface area contributed by atoms with Crippen molar-refractivity contribution in [2.75, 3.05) is 26.3 Å². The van der Waals surface area contributed by atoms with Gasteiger partial charge in [0.25, 0.3) is 0 Å². The zero-order chi connectivity index (χ0) is 16.2. The van der Waals surface area contributed by atoms with Crippen molar-refractivity contribution in [2.24, 2.45) is 0 Å². The number of hydrogen-bond donors (Lipinski definition) is 1. The molecule has 1 atom stereocenters. The topological polar surface area (TPSA) is 72.3 Å². The van der Waals surface area contributed by atoms with E-state index >= 15 is 0 Å². The molecule has 0 radical (unpaired) electrons. The quantitative estimate of drug-likeness (QED) is 0.848. The van der Waals surface area contributed by atoms with Gasteiger partial charge in [0.1, 0.15) is 12.2 Å². The van der Waals surface area contributed by atoms with Crippen LogP contribution in [-0.2, 0) is 16.1 Å². The predicted molar refractivity (Wildman–Crippen MR) is 83.3 cm³/mol. The smallest absolute Gasteiger partial charge is 0.240 e. The van der Waals surface area contributed by atoms with Crippen LogP contribution in [0.4, 0.5) is 0 Å². The molecule has 1 aromatic heterocycles. The molecule has 0 bridgehead atoms. The molecule has 22 heavy (non-hydrogen) atoms. The second-order valence-electron chi connectivity index (χ2n) is 6.03. The van der Waals surface area contributed by atoms with Gasteiger partial charge in [-0.2, -0.15) is 5.10 Å². The molecule has 0 saturated carbocycles. The van der Waals surface area contributed by atoms with E-state index in [-0.39, 0.29) is 11.9 Å². The number of aromatic nitrogens is 3. The Balaban J connectivity index is 2.08. The number of carbonyl (C=O) groups excluding carboxylic acids is 1. The van der Waals surface area contributed by atoms with Crippen molar-refractivity contribution in [3.63, 3.8) is 0 Å². The van der Waals surface area contributed by atoms with Crippen LogP contribution in [-0.4, -0.2) is 57.4 Å². The van der Waals surface area contributed by atoms with Gasteiger partial charge < -0.3 is 10.1 Å². The zero-order valence-corrected chi connectivity index (χ0v) is 14.0. The molecule has 0 aliphatic carbocycles. The van der Waals surface area contributed by atoms with E-state index in [2.05, 4.69) is 20.3 Å². The van der Waals surface area contributed by atoms with Gasteiger partial charge in [0.05, 0.1) is 24.8 Å². The largest absolute Gasteiger partial charge is 0.379 e. The number of hydrogen-bond acceptors (Lipinski definition) is 5. The van der Waals surface area contributed by atoms with Crippen molar-refractivity contribution in [1.29, 1.82) is 0 Å². The Morgan fingerprint density at radius 1 is 1.41 bits per heavy atom. The molecule has 0 spiro atoms. The van der Waals surface area contributed by atoms with E-state index in [1.807, 2.05) is 32.4 Å². The summed E-state index contributed by atoms with van der Waals surface area (Å²) in [4.78, 5) is 19.3. The monoisotopic (exact) mass is 309 g/mol. The molecule has 1 amide bonds. The van der Waals surface area contributed by atoms with Crippen molar-refractivity contribution in [3.05, 3.63) is 12.2 Å². The maximum absolute atomic E-state index is 12.8. The fourth-order valence-electron chi connectivity index (χ4n) is 2.74. The average molecular weight is 309 g/mol. The van der Waals surface area contributed by atoms with Crippen molar-refractivity contribution in [1.82, 2.24) is 25.0 Å². The number of nitrogens with one attached hydrogen (secondary N) is 1. The van der Waals surface area contributed by atoms with Crippen LogP contribution in [0.1, 0.15) is 46.0 Å². The Bertz CT molecular complexity index is 494. The minimum absolute atomic E-state index is 0.0203. The first-order valence-corrected chi connectivity index (χ1v) is 8.02. The summed E-state index contributed by atoms with van der Waals surface area (Å²) >= 11 is 0. The lowest BCUT2D eigenvalue weighted by atomic mass is 10.00. The highest BCUT2D eigenvalue weighted by atomic mass is 16.5. The molecular weight excluding hydrogens is 282 g/mol. The summed E-state index contributed by atoms with van der Waals surface area (Å²) in [5.41, 5.74) is -0.561. The van der Waals surface area contributed by atoms with Crippen LogP contribution in [0.25, 0.3) is 0 Å². The number of aryl methyl sites for hydroxylation is 1. The molecule has 1 aliphatic rings. The second-order valence-corrected chi connectivity index (χ2v) is 6.03. The van der Waals surface area contributed by atoms with Gasteiger partial charge in [0.2, 0.25) is 5.91 Å². The molecule has 0 unspecified atom stereocenters. The summed E-state index contributed by atoms with van der Waals surface area (Å²) < 4.78 is 7.20. The van der Waals surface area contributed by atoms with Gasteiger partial charge in [-0.3, -0.25) is 9.69 Å². The maximum Gasteiger partial charge on any atom is 0.240 e. The standard InChI is InChI=1S/C15H27N5O2/c1-5-12(13-16-11-17-20(13)6-2)18-14(21)15(3,4)19-7-9-22-10-8-19/h11-12H,5-10H2,1-4H3,(H,18,21)/t12-/m1/s1. The lowest BCUT2D eigenvalue weighted by molar-refractivity contribution is -0.135. The van der Waals surface area contributed by atoms with Gasteiger partial charge in [-0.15, -0.1) is 0 Å². The van der Waals surface area contributed by atoms with Gasteiger partial charge in [-0.25, -0.2) is 9.67 Å². The van der Waals surface area contributed by atoms with E-state index in [4.69, 9.17) is 4.74 Å². The Labute approximate surface area is 132 Å². The van der Waals surface area contributed by atoms with E-state index in [0.29, 0.717) is 13.2 Å². The highest BCUT2D eigenvalue weighted by Crippen LogP contribution is 2.20. The third kappa shape index (κ3) is 3.47. The van der Waals surface area contributed by atoms with E-state index < -0.39 is 5.54 Å². The third-order valence-electron chi connectivity index (χ3n) is 4.33. The van der Waals surface area contributed by atoms with Crippen LogP contribution >= 0.6 is 0 Å². The van der Waals surface area contributed by atoms with Crippen molar-refractivity contribution in [2.45, 2.75) is 52.2 Å². The summed E-state index contributed by atoms with van der Waals surface area (Å²) in [5, 5.41) is 7.33. The summed E-state index contributed by atoms with van der Waals surface area (Å²) in [7, 11) is 0. The van der Waals surface area contributed by atoms with Crippen LogP contribution in [0.5, 0.6) is 0 Å². The first-order valence-electron chi connectivity index (χ1n) is 8.02. The molecule has 1 aliphatic heterocycles. The van der Waals surface area contributed by atoms with Crippen LogP contribution in [0.3, 0.4) is 0 Å². The van der Waals surface area contributed by atoms with Crippen LogP contribution in [0, 0.1) is 0 Å². The van der Waals surface area contributed by atoms with Crippen LogP contribution < -0.4 is 5.32 Å². The number of amides is 1. The van der Waals surface area contributed by atoms with E-state index in [9.17, 15) is 4.79 Å². The normalized spacial score (nSPS) is 18.2. The Kier molecular flexibility index (Phi) is 5.52. The first kappa shape index (κ1) is 16.9. The highest BCUT2D eigenvalue weighted by molar-refractivity contribution is 5.85. The minimum atomic E-state index is -0.561. The summed E-state index contributed by atoms with van der Waals surface area (Å²) in [6, 6.07) is -0.115. The molecule has 2 rings (SSSR count). The number of ether oxygens (including phenoxy) is 1. The predicted octanol–water partition coefficient (Wildman–Crippen LogP) is 0.976. The number of rotatable bonds is 6. The molecule has 1 N–H and O–H groups in total. The molecule has 1 saturated heterocycles. The summed E-state index contributed by atoms with van der Waals surface area (Å²) in [5.74, 6) is 0.836. The molecule has 1 fully saturated rings. The number of nitrogens with zero attached hydrogens (tertiary/aromatic N) is 4. The fraction of sp³-hybridized carbons (Fsp3) is 0.800. The Morgan fingerprint density at radius 3 is 2.68 bits per heavy atom. The molecule has 7 heteroatoms. The molecule has 0 aromatic carbocycles. The maximum atomic E-state index is 12.8. The molecule has 1 aromatic rings.